The summed E-state index contributed by atoms with van der Waals surface area (Å²) in [4.78, 5) is 0. The average molecular weight is 263 g/mol. The minimum absolute atomic E-state index is 0.113. The third-order valence-corrected chi connectivity index (χ3v) is 5.36. The predicted molar refractivity (Wildman–Crippen MR) is 64.8 cm³/mol. The van der Waals surface area contributed by atoms with Crippen LogP contribution in [0.25, 0.3) is 0 Å². The van der Waals surface area contributed by atoms with E-state index < -0.39 is 15.7 Å². The fraction of sp³-hybridized carbons (Fsp3) is 1.00. The molecule has 1 aliphatic heterocycles. The van der Waals surface area contributed by atoms with Crippen LogP contribution in [-0.4, -0.2) is 56.2 Å². The lowest BCUT2D eigenvalue weighted by atomic mass is 10.0. The molecule has 0 unspecified atom stereocenters. The van der Waals surface area contributed by atoms with E-state index in [1.807, 2.05) is 0 Å². The maximum Gasteiger partial charge on any atom is 0.280 e. The zero-order valence-electron chi connectivity index (χ0n) is 9.98. The van der Waals surface area contributed by atoms with Crippen molar-refractivity contribution in [2.45, 2.75) is 31.2 Å². The molecule has 2 fully saturated rings. The van der Waals surface area contributed by atoms with Gasteiger partial charge in [-0.05, 0) is 12.8 Å². The van der Waals surface area contributed by atoms with Crippen molar-refractivity contribution < 1.29 is 13.5 Å². The number of nitrogens with zero attached hydrogens (tertiary/aromatic N) is 1. The first kappa shape index (κ1) is 13.2. The Balaban J connectivity index is 2.05. The Morgan fingerprint density at radius 1 is 1.24 bits per heavy atom. The standard InChI is InChI=1S/C10H21N3O3S/c14-9-10(3-1-2-4-10)12-17(15,16)13-7-5-11-6-8-13/h11-12,14H,1-9H2. The van der Waals surface area contributed by atoms with Gasteiger partial charge in [0.2, 0.25) is 0 Å². The van der Waals surface area contributed by atoms with Gasteiger partial charge in [0.05, 0.1) is 12.1 Å². The van der Waals surface area contributed by atoms with Crippen LogP contribution in [0.3, 0.4) is 0 Å². The van der Waals surface area contributed by atoms with Crippen molar-refractivity contribution in [1.29, 1.82) is 0 Å². The summed E-state index contributed by atoms with van der Waals surface area (Å²) in [5.74, 6) is 0. The van der Waals surface area contributed by atoms with Gasteiger partial charge < -0.3 is 10.4 Å². The van der Waals surface area contributed by atoms with Crippen molar-refractivity contribution in [1.82, 2.24) is 14.3 Å². The highest BCUT2D eigenvalue weighted by molar-refractivity contribution is 7.87. The summed E-state index contributed by atoms with van der Waals surface area (Å²) < 4.78 is 28.5. The summed E-state index contributed by atoms with van der Waals surface area (Å²) >= 11 is 0. The topological polar surface area (TPSA) is 81.7 Å². The molecule has 2 rings (SSSR count). The summed E-state index contributed by atoms with van der Waals surface area (Å²) in [7, 11) is -3.45. The molecule has 0 aromatic carbocycles. The summed E-state index contributed by atoms with van der Waals surface area (Å²) in [6.45, 7) is 2.26. The molecule has 3 N–H and O–H groups in total. The predicted octanol–water partition coefficient (Wildman–Crippen LogP) is -0.969. The lowest BCUT2D eigenvalue weighted by Crippen LogP contribution is -2.57. The largest absolute Gasteiger partial charge is 0.394 e. The first-order valence-corrected chi connectivity index (χ1v) is 7.63. The van der Waals surface area contributed by atoms with Crippen molar-refractivity contribution in [3.05, 3.63) is 0 Å². The van der Waals surface area contributed by atoms with Crippen LogP contribution in [0.2, 0.25) is 0 Å². The molecule has 6 nitrogen and oxygen atoms in total. The van der Waals surface area contributed by atoms with Crippen molar-refractivity contribution in [3.8, 4) is 0 Å². The molecule has 0 aromatic rings. The molecule has 17 heavy (non-hydrogen) atoms. The van der Waals surface area contributed by atoms with Gasteiger partial charge >= 0.3 is 0 Å². The van der Waals surface area contributed by atoms with Crippen molar-refractivity contribution in [3.63, 3.8) is 0 Å². The molecule has 7 heteroatoms. The normalized spacial score (nSPS) is 26.2. The van der Waals surface area contributed by atoms with Crippen molar-refractivity contribution >= 4 is 10.2 Å². The molecule has 0 amide bonds. The average Bonchev–Trinajstić information content (AvgIpc) is 2.79. The van der Waals surface area contributed by atoms with Gasteiger partial charge in [-0.15, -0.1) is 0 Å². The monoisotopic (exact) mass is 263 g/mol. The summed E-state index contributed by atoms with van der Waals surface area (Å²) in [5, 5.41) is 12.5. The highest BCUT2D eigenvalue weighted by atomic mass is 32.2. The van der Waals surface area contributed by atoms with Crippen LogP contribution < -0.4 is 10.0 Å². The van der Waals surface area contributed by atoms with E-state index in [1.165, 1.54) is 4.31 Å². The molecule has 0 atom stereocenters. The van der Waals surface area contributed by atoms with E-state index in [9.17, 15) is 13.5 Å². The molecule has 0 spiro atoms. The van der Waals surface area contributed by atoms with E-state index in [0.717, 1.165) is 25.7 Å². The summed E-state index contributed by atoms with van der Waals surface area (Å²) in [6, 6.07) is 0. The van der Waals surface area contributed by atoms with Crippen LogP contribution in [0.1, 0.15) is 25.7 Å². The van der Waals surface area contributed by atoms with Crippen LogP contribution in [0.5, 0.6) is 0 Å². The van der Waals surface area contributed by atoms with Crippen molar-refractivity contribution in [2.75, 3.05) is 32.8 Å². The Hall–Kier alpha value is -0.210. The third kappa shape index (κ3) is 2.97. The molecule has 1 saturated carbocycles. The Morgan fingerprint density at radius 2 is 1.82 bits per heavy atom. The van der Waals surface area contributed by atoms with Crippen LogP contribution in [0, 0.1) is 0 Å². The van der Waals surface area contributed by atoms with Gasteiger partial charge in [0.1, 0.15) is 0 Å². The lowest BCUT2D eigenvalue weighted by Gasteiger charge is -2.33. The summed E-state index contributed by atoms with van der Waals surface area (Å²) in [5.41, 5.74) is -0.621. The lowest BCUT2D eigenvalue weighted by molar-refractivity contribution is 0.182. The Morgan fingerprint density at radius 3 is 2.35 bits per heavy atom. The number of aliphatic hydroxyl groups excluding tert-OH is 1. The van der Waals surface area contributed by atoms with Gasteiger partial charge in [-0.25, -0.2) is 0 Å². The first-order valence-electron chi connectivity index (χ1n) is 6.19. The van der Waals surface area contributed by atoms with Crippen LogP contribution in [0.15, 0.2) is 0 Å². The molecule has 0 bridgehead atoms. The molecule has 2 aliphatic rings. The second-order valence-corrected chi connectivity index (χ2v) is 6.57. The minimum atomic E-state index is -3.45. The molecule has 1 saturated heterocycles. The van der Waals surface area contributed by atoms with Crippen LogP contribution >= 0.6 is 0 Å². The second-order valence-electron chi connectivity index (χ2n) is 4.90. The maximum atomic E-state index is 12.2. The zero-order valence-corrected chi connectivity index (χ0v) is 10.8. The van der Waals surface area contributed by atoms with E-state index in [4.69, 9.17) is 0 Å². The number of rotatable bonds is 4. The van der Waals surface area contributed by atoms with Crippen LogP contribution in [-0.2, 0) is 10.2 Å². The number of hydrogen-bond acceptors (Lipinski definition) is 4. The van der Waals surface area contributed by atoms with E-state index in [0.29, 0.717) is 26.2 Å². The molecule has 100 valence electrons. The third-order valence-electron chi connectivity index (χ3n) is 3.62. The summed E-state index contributed by atoms with van der Waals surface area (Å²) in [6.07, 6.45) is 3.42. The molecular formula is C10H21N3O3S. The Labute approximate surface area is 103 Å². The fourth-order valence-electron chi connectivity index (χ4n) is 2.57. The fourth-order valence-corrected chi connectivity index (χ4v) is 4.18. The van der Waals surface area contributed by atoms with Gasteiger partial charge in [-0.3, -0.25) is 0 Å². The van der Waals surface area contributed by atoms with Gasteiger partial charge in [-0.2, -0.15) is 17.4 Å². The van der Waals surface area contributed by atoms with Gasteiger partial charge in [0, 0.05) is 26.2 Å². The van der Waals surface area contributed by atoms with E-state index >= 15 is 0 Å². The van der Waals surface area contributed by atoms with E-state index in [2.05, 4.69) is 10.0 Å². The van der Waals surface area contributed by atoms with Gasteiger partial charge in [0.15, 0.2) is 0 Å². The second kappa shape index (κ2) is 5.19. The van der Waals surface area contributed by atoms with Crippen LogP contribution in [0.4, 0.5) is 0 Å². The first-order chi connectivity index (χ1) is 8.08. The highest BCUT2D eigenvalue weighted by Crippen LogP contribution is 2.30. The molecule has 1 aliphatic carbocycles. The molecule has 1 heterocycles. The van der Waals surface area contributed by atoms with Gasteiger partial charge in [0.25, 0.3) is 10.2 Å². The molecule has 0 radical (unpaired) electrons. The Bertz CT molecular complexity index is 346. The minimum Gasteiger partial charge on any atom is -0.394 e. The smallest absolute Gasteiger partial charge is 0.280 e. The highest BCUT2D eigenvalue weighted by Gasteiger charge is 2.39. The SMILES string of the molecule is O=S(=O)(NC1(CO)CCCC1)N1CCNCC1. The molecule has 0 aromatic heterocycles. The number of aliphatic hydroxyl groups is 1. The number of nitrogens with one attached hydrogen (secondary N) is 2. The molecular weight excluding hydrogens is 242 g/mol. The number of hydrogen-bond donors (Lipinski definition) is 3. The zero-order chi connectivity index (χ0) is 12.4. The van der Waals surface area contributed by atoms with Gasteiger partial charge in [-0.1, -0.05) is 12.8 Å². The maximum absolute atomic E-state index is 12.2. The van der Waals surface area contributed by atoms with Crippen molar-refractivity contribution in [2.24, 2.45) is 0 Å². The Kier molecular flexibility index (Phi) is 4.04. The quantitative estimate of drug-likeness (QED) is 0.609. The number of piperazine rings is 1. The van der Waals surface area contributed by atoms with E-state index in [1.54, 1.807) is 0 Å². The van der Waals surface area contributed by atoms with E-state index in [-0.39, 0.29) is 6.61 Å².